The van der Waals surface area contributed by atoms with Gasteiger partial charge < -0.3 is 4.42 Å². The Bertz CT molecular complexity index is 512. The van der Waals surface area contributed by atoms with E-state index < -0.39 is 0 Å². The first kappa shape index (κ1) is 10.4. The van der Waals surface area contributed by atoms with Crippen molar-refractivity contribution in [2.75, 3.05) is 0 Å². The molecule has 0 spiro atoms. The molecule has 0 unspecified atom stereocenters. The minimum Gasteiger partial charge on any atom is -0.461 e. The van der Waals surface area contributed by atoms with Crippen molar-refractivity contribution in [3.8, 4) is 0 Å². The first-order valence-electron chi connectivity index (χ1n) is 4.78. The van der Waals surface area contributed by atoms with Crippen LogP contribution < -0.4 is 0 Å². The molecular weight excluding hydrogens is 207 g/mol. The van der Waals surface area contributed by atoms with Gasteiger partial charge in [0.1, 0.15) is 5.82 Å². The van der Waals surface area contributed by atoms with Crippen LogP contribution in [0.3, 0.4) is 0 Å². The third kappa shape index (κ3) is 2.25. The summed E-state index contributed by atoms with van der Waals surface area (Å²) in [5.74, 6) is -0.396. The number of furan rings is 1. The van der Waals surface area contributed by atoms with Gasteiger partial charge in [-0.25, -0.2) is 4.39 Å². The number of hydrogen-bond acceptors (Lipinski definition) is 2. The minimum atomic E-state index is -0.356. The van der Waals surface area contributed by atoms with E-state index in [1.165, 1.54) is 24.5 Å². The molecule has 0 atom stereocenters. The molecule has 0 aliphatic heterocycles. The SMILES string of the molecule is O=C(C=Cc1ccccc1F)c1ccco1. The fourth-order valence-electron chi connectivity index (χ4n) is 1.28. The fraction of sp³-hybridized carbons (Fsp3) is 0. The number of allylic oxidation sites excluding steroid dienone is 1. The summed E-state index contributed by atoms with van der Waals surface area (Å²) in [6.45, 7) is 0. The van der Waals surface area contributed by atoms with Crippen LogP contribution in [-0.4, -0.2) is 5.78 Å². The van der Waals surface area contributed by atoms with Gasteiger partial charge in [0.15, 0.2) is 5.76 Å². The highest BCUT2D eigenvalue weighted by molar-refractivity contribution is 6.04. The van der Waals surface area contributed by atoms with Gasteiger partial charge in [-0.3, -0.25) is 4.79 Å². The molecule has 0 saturated carbocycles. The number of halogens is 1. The predicted octanol–water partition coefficient (Wildman–Crippen LogP) is 3.31. The highest BCUT2D eigenvalue weighted by Gasteiger charge is 2.04. The van der Waals surface area contributed by atoms with Crippen molar-refractivity contribution >= 4 is 11.9 Å². The Balaban J connectivity index is 2.16. The van der Waals surface area contributed by atoms with Gasteiger partial charge in [-0.2, -0.15) is 0 Å². The predicted molar refractivity (Wildman–Crippen MR) is 58.5 cm³/mol. The van der Waals surface area contributed by atoms with Crippen LogP contribution in [-0.2, 0) is 0 Å². The average molecular weight is 216 g/mol. The van der Waals surface area contributed by atoms with E-state index in [0.717, 1.165) is 0 Å². The normalized spacial score (nSPS) is 10.8. The Kier molecular flexibility index (Phi) is 2.96. The van der Waals surface area contributed by atoms with E-state index >= 15 is 0 Å². The first-order chi connectivity index (χ1) is 7.77. The average Bonchev–Trinajstić information content (AvgIpc) is 2.81. The highest BCUT2D eigenvalue weighted by atomic mass is 19.1. The smallest absolute Gasteiger partial charge is 0.221 e. The van der Waals surface area contributed by atoms with Gasteiger partial charge in [0.25, 0.3) is 0 Å². The highest BCUT2D eigenvalue weighted by Crippen LogP contribution is 2.09. The van der Waals surface area contributed by atoms with Crippen molar-refractivity contribution < 1.29 is 13.6 Å². The summed E-state index contributed by atoms with van der Waals surface area (Å²) < 4.78 is 18.1. The van der Waals surface area contributed by atoms with E-state index in [4.69, 9.17) is 4.42 Å². The molecule has 0 aliphatic rings. The molecule has 2 rings (SSSR count). The Labute approximate surface area is 92.0 Å². The van der Waals surface area contributed by atoms with Crippen LogP contribution in [0.25, 0.3) is 6.08 Å². The molecule has 0 N–H and O–H groups in total. The lowest BCUT2D eigenvalue weighted by Crippen LogP contribution is -1.90. The number of rotatable bonds is 3. The van der Waals surface area contributed by atoms with Crippen molar-refractivity contribution in [1.29, 1.82) is 0 Å². The van der Waals surface area contributed by atoms with Gasteiger partial charge in [-0.05, 0) is 30.4 Å². The summed E-state index contributed by atoms with van der Waals surface area (Å²) in [6, 6.07) is 9.44. The van der Waals surface area contributed by atoms with Crippen LogP contribution >= 0.6 is 0 Å². The van der Waals surface area contributed by atoms with Gasteiger partial charge in [-0.1, -0.05) is 18.2 Å². The second kappa shape index (κ2) is 4.57. The van der Waals surface area contributed by atoms with E-state index in [2.05, 4.69) is 0 Å². The molecule has 2 aromatic rings. The zero-order valence-corrected chi connectivity index (χ0v) is 8.39. The maximum Gasteiger partial charge on any atom is 0.221 e. The summed E-state index contributed by atoms with van der Waals surface area (Å²) in [5, 5.41) is 0. The van der Waals surface area contributed by atoms with Crippen LogP contribution in [0.2, 0.25) is 0 Å². The van der Waals surface area contributed by atoms with Crippen molar-refractivity contribution in [2.24, 2.45) is 0 Å². The Morgan fingerprint density at radius 1 is 1.19 bits per heavy atom. The molecule has 0 aliphatic carbocycles. The second-order valence-corrected chi connectivity index (χ2v) is 3.20. The van der Waals surface area contributed by atoms with Crippen molar-refractivity contribution in [3.05, 3.63) is 65.9 Å². The third-order valence-electron chi connectivity index (χ3n) is 2.08. The quantitative estimate of drug-likeness (QED) is 0.582. The Morgan fingerprint density at radius 3 is 2.69 bits per heavy atom. The topological polar surface area (TPSA) is 30.2 Å². The van der Waals surface area contributed by atoms with Gasteiger partial charge >= 0.3 is 0 Å². The van der Waals surface area contributed by atoms with Crippen LogP contribution in [0.5, 0.6) is 0 Å². The van der Waals surface area contributed by atoms with E-state index in [0.29, 0.717) is 5.56 Å². The molecule has 1 aromatic heterocycles. The molecule has 0 saturated heterocycles. The molecule has 1 aromatic carbocycles. The lowest BCUT2D eigenvalue weighted by atomic mass is 10.1. The first-order valence-corrected chi connectivity index (χ1v) is 4.78. The number of carbonyl (C=O) groups is 1. The van der Waals surface area contributed by atoms with Gasteiger partial charge in [0, 0.05) is 5.56 Å². The number of benzene rings is 1. The van der Waals surface area contributed by atoms with Crippen molar-refractivity contribution in [1.82, 2.24) is 0 Å². The lowest BCUT2D eigenvalue weighted by molar-refractivity contribution is 0.102. The largest absolute Gasteiger partial charge is 0.461 e. The van der Waals surface area contributed by atoms with E-state index in [1.807, 2.05) is 0 Å². The summed E-state index contributed by atoms with van der Waals surface area (Å²) in [7, 11) is 0. The number of carbonyl (C=O) groups excluding carboxylic acids is 1. The zero-order chi connectivity index (χ0) is 11.4. The summed E-state index contributed by atoms with van der Waals surface area (Å²) in [5.41, 5.74) is 0.377. The summed E-state index contributed by atoms with van der Waals surface area (Å²) in [6.07, 6.45) is 4.14. The van der Waals surface area contributed by atoms with E-state index in [1.54, 1.807) is 30.3 Å². The molecule has 0 bridgehead atoms. The van der Waals surface area contributed by atoms with Crippen molar-refractivity contribution in [3.63, 3.8) is 0 Å². The number of ketones is 1. The maximum atomic E-state index is 13.2. The monoisotopic (exact) mass is 216 g/mol. The van der Waals surface area contributed by atoms with Gasteiger partial charge in [0.2, 0.25) is 5.78 Å². The van der Waals surface area contributed by atoms with Gasteiger partial charge in [-0.15, -0.1) is 0 Å². The fourth-order valence-corrected chi connectivity index (χ4v) is 1.28. The number of hydrogen-bond donors (Lipinski definition) is 0. The lowest BCUT2D eigenvalue weighted by Gasteiger charge is -1.94. The summed E-state index contributed by atoms with van der Waals surface area (Å²) >= 11 is 0. The van der Waals surface area contributed by atoms with Crippen LogP contribution in [0.1, 0.15) is 16.1 Å². The summed E-state index contributed by atoms with van der Waals surface area (Å²) in [4.78, 5) is 11.5. The molecule has 0 amide bonds. The van der Waals surface area contributed by atoms with Crippen LogP contribution in [0.4, 0.5) is 4.39 Å². The van der Waals surface area contributed by atoms with Crippen LogP contribution in [0, 0.1) is 5.82 Å². The van der Waals surface area contributed by atoms with Gasteiger partial charge in [0.05, 0.1) is 6.26 Å². The van der Waals surface area contributed by atoms with Crippen LogP contribution in [0.15, 0.2) is 53.2 Å². The molecule has 80 valence electrons. The van der Waals surface area contributed by atoms with Crippen molar-refractivity contribution in [2.45, 2.75) is 0 Å². The minimum absolute atomic E-state index is 0.243. The maximum absolute atomic E-state index is 13.2. The van der Waals surface area contributed by atoms with E-state index in [-0.39, 0.29) is 17.4 Å². The zero-order valence-electron chi connectivity index (χ0n) is 8.39. The molecule has 3 heteroatoms. The molecule has 2 nitrogen and oxygen atoms in total. The molecule has 0 fully saturated rings. The Morgan fingerprint density at radius 2 is 2.00 bits per heavy atom. The molecule has 1 heterocycles. The molecule has 0 radical (unpaired) electrons. The second-order valence-electron chi connectivity index (χ2n) is 3.20. The third-order valence-corrected chi connectivity index (χ3v) is 2.08. The van der Waals surface area contributed by atoms with E-state index in [9.17, 15) is 9.18 Å². The molecular formula is C13H9FO2. The molecule has 16 heavy (non-hydrogen) atoms. The Hall–Kier alpha value is -2.16. The standard InChI is InChI=1S/C13H9FO2/c14-11-5-2-1-4-10(11)7-8-12(15)13-6-3-9-16-13/h1-9H.